The molecule has 2 aromatic carbocycles. The molecular weight excluding hydrogens is 357 g/mol. The first-order chi connectivity index (χ1) is 12.2. The Morgan fingerprint density at radius 2 is 1.72 bits per heavy atom. The molecule has 6 heteroatoms. The molecule has 0 bridgehead atoms. The number of pyridine rings is 1. The number of nitrogens with zero attached hydrogens (tertiary/aromatic N) is 3. The van der Waals surface area contributed by atoms with Crippen molar-refractivity contribution in [2.24, 2.45) is 0 Å². The van der Waals surface area contributed by atoms with Gasteiger partial charge in [-0.3, -0.25) is 4.98 Å². The standard InChI is InChI=1S/C19H11Cl2N3O/c20-15-6-4-13(8-16(15)21)18-10-19(24-11-23-18)25-14-5-3-12-2-1-7-22-17(12)9-14/h1-11H. The number of hydrogen-bond acceptors (Lipinski definition) is 4. The molecule has 25 heavy (non-hydrogen) atoms. The molecule has 0 saturated heterocycles. The minimum absolute atomic E-state index is 0.436. The highest BCUT2D eigenvalue weighted by molar-refractivity contribution is 6.42. The van der Waals surface area contributed by atoms with Gasteiger partial charge in [0.2, 0.25) is 5.88 Å². The van der Waals surface area contributed by atoms with Gasteiger partial charge in [0, 0.05) is 29.3 Å². The third kappa shape index (κ3) is 3.40. The van der Waals surface area contributed by atoms with Gasteiger partial charge in [0.1, 0.15) is 12.1 Å². The molecular formula is C19H11Cl2N3O. The van der Waals surface area contributed by atoms with E-state index in [2.05, 4.69) is 15.0 Å². The van der Waals surface area contributed by atoms with Crippen molar-refractivity contribution in [1.82, 2.24) is 15.0 Å². The molecule has 4 rings (SSSR count). The molecule has 0 aliphatic carbocycles. The Bertz CT molecular complexity index is 1070. The number of hydrogen-bond donors (Lipinski definition) is 0. The first-order valence-electron chi connectivity index (χ1n) is 7.49. The molecule has 0 atom stereocenters. The van der Waals surface area contributed by atoms with E-state index in [1.807, 2.05) is 36.4 Å². The molecule has 4 aromatic rings. The number of halogens is 2. The normalized spacial score (nSPS) is 10.8. The van der Waals surface area contributed by atoms with Crippen LogP contribution in [-0.4, -0.2) is 15.0 Å². The molecule has 122 valence electrons. The lowest BCUT2D eigenvalue weighted by atomic mass is 10.1. The molecule has 0 aliphatic rings. The van der Waals surface area contributed by atoms with Crippen molar-refractivity contribution in [3.05, 3.63) is 77.2 Å². The van der Waals surface area contributed by atoms with Crippen molar-refractivity contribution in [1.29, 1.82) is 0 Å². The molecule has 0 spiro atoms. The van der Waals surface area contributed by atoms with Crippen LogP contribution in [0.3, 0.4) is 0 Å². The number of rotatable bonds is 3. The average molecular weight is 368 g/mol. The van der Waals surface area contributed by atoms with Gasteiger partial charge in [0.15, 0.2) is 0 Å². The van der Waals surface area contributed by atoms with Gasteiger partial charge in [0.25, 0.3) is 0 Å². The highest BCUT2D eigenvalue weighted by Crippen LogP contribution is 2.29. The Balaban J connectivity index is 1.65. The highest BCUT2D eigenvalue weighted by atomic mass is 35.5. The summed E-state index contributed by atoms with van der Waals surface area (Å²) in [6.07, 6.45) is 3.20. The Labute approximate surface area is 154 Å². The van der Waals surface area contributed by atoms with Crippen LogP contribution in [0.5, 0.6) is 11.6 Å². The van der Waals surface area contributed by atoms with Crippen LogP contribution in [-0.2, 0) is 0 Å². The monoisotopic (exact) mass is 367 g/mol. The van der Waals surface area contributed by atoms with E-state index < -0.39 is 0 Å². The first-order valence-corrected chi connectivity index (χ1v) is 8.25. The Morgan fingerprint density at radius 1 is 0.800 bits per heavy atom. The van der Waals surface area contributed by atoms with Crippen molar-refractivity contribution < 1.29 is 4.74 Å². The van der Waals surface area contributed by atoms with Crippen molar-refractivity contribution in [3.63, 3.8) is 0 Å². The van der Waals surface area contributed by atoms with E-state index in [0.717, 1.165) is 16.5 Å². The van der Waals surface area contributed by atoms with E-state index in [1.165, 1.54) is 6.33 Å². The zero-order valence-electron chi connectivity index (χ0n) is 12.9. The van der Waals surface area contributed by atoms with E-state index in [-0.39, 0.29) is 0 Å². The molecule has 0 radical (unpaired) electrons. The minimum atomic E-state index is 0.436. The maximum Gasteiger partial charge on any atom is 0.222 e. The minimum Gasteiger partial charge on any atom is -0.439 e. The van der Waals surface area contributed by atoms with E-state index in [0.29, 0.717) is 27.4 Å². The fourth-order valence-corrected chi connectivity index (χ4v) is 2.74. The van der Waals surface area contributed by atoms with Gasteiger partial charge in [-0.05, 0) is 30.3 Å². The average Bonchev–Trinajstić information content (AvgIpc) is 2.64. The van der Waals surface area contributed by atoms with E-state index >= 15 is 0 Å². The lowest BCUT2D eigenvalue weighted by Crippen LogP contribution is -1.92. The van der Waals surface area contributed by atoms with Crippen LogP contribution < -0.4 is 4.74 Å². The number of fused-ring (bicyclic) bond motifs is 1. The lowest BCUT2D eigenvalue weighted by Gasteiger charge is -2.07. The quantitative estimate of drug-likeness (QED) is 0.459. The summed E-state index contributed by atoms with van der Waals surface area (Å²) in [6, 6.07) is 16.7. The lowest BCUT2D eigenvalue weighted by molar-refractivity contribution is 0.462. The molecule has 0 amide bonds. The Hall–Kier alpha value is -2.69. The van der Waals surface area contributed by atoms with Crippen LogP contribution in [0.15, 0.2) is 67.1 Å². The Morgan fingerprint density at radius 3 is 2.60 bits per heavy atom. The second-order valence-corrected chi connectivity index (χ2v) is 6.14. The van der Waals surface area contributed by atoms with Crippen LogP contribution in [0, 0.1) is 0 Å². The van der Waals surface area contributed by atoms with Gasteiger partial charge in [0.05, 0.1) is 21.3 Å². The summed E-state index contributed by atoms with van der Waals surface area (Å²) >= 11 is 12.0. The summed E-state index contributed by atoms with van der Waals surface area (Å²) in [7, 11) is 0. The van der Waals surface area contributed by atoms with Crippen molar-refractivity contribution >= 4 is 34.1 Å². The molecule has 0 unspecified atom stereocenters. The maximum atomic E-state index is 6.08. The molecule has 0 aliphatic heterocycles. The zero-order valence-corrected chi connectivity index (χ0v) is 14.4. The van der Waals surface area contributed by atoms with E-state index in [4.69, 9.17) is 27.9 Å². The molecule has 4 nitrogen and oxygen atoms in total. The van der Waals surface area contributed by atoms with Crippen molar-refractivity contribution in [2.75, 3.05) is 0 Å². The summed E-state index contributed by atoms with van der Waals surface area (Å²) in [6.45, 7) is 0. The third-order valence-electron chi connectivity index (χ3n) is 3.66. The largest absolute Gasteiger partial charge is 0.439 e. The van der Waals surface area contributed by atoms with Gasteiger partial charge >= 0.3 is 0 Å². The van der Waals surface area contributed by atoms with Crippen LogP contribution in [0.2, 0.25) is 10.0 Å². The van der Waals surface area contributed by atoms with Gasteiger partial charge in [-0.15, -0.1) is 0 Å². The zero-order chi connectivity index (χ0) is 17.2. The highest BCUT2D eigenvalue weighted by Gasteiger charge is 2.07. The summed E-state index contributed by atoms with van der Waals surface area (Å²) < 4.78 is 5.85. The topological polar surface area (TPSA) is 47.9 Å². The molecule has 0 fully saturated rings. The molecule has 0 saturated carbocycles. The van der Waals surface area contributed by atoms with Crippen molar-refractivity contribution in [2.45, 2.75) is 0 Å². The van der Waals surface area contributed by atoms with Crippen LogP contribution in [0.1, 0.15) is 0 Å². The Kier molecular flexibility index (Phi) is 4.22. The second-order valence-electron chi connectivity index (χ2n) is 5.33. The van der Waals surface area contributed by atoms with Gasteiger partial charge in [-0.2, -0.15) is 0 Å². The van der Waals surface area contributed by atoms with E-state index in [1.54, 1.807) is 24.4 Å². The van der Waals surface area contributed by atoms with Crippen LogP contribution in [0.25, 0.3) is 22.2 Å². The summed E-state index contributed by atoms with van der Waals surface area (Å²) in [5.41, 5.74) is 2.39. The van der Waals surface area contributed by atoms with E-state index in [9.17, 15) is 0 Å². The van der Waals surface area contributed by atoms with Crippen LogP contribution in [0.4, 0.5) is 0 Å². The smallest absolute Gasteiger partial charge is 0.222 e. The van der Waals surface area contributed by atoms with Gasteiger partial charge in [-0.25, -0.2) is 9.97 Å². The number of benzene rings is 2. The first kappa shape index (κ1) is 15.8. The predicted molar refractivity (Wildman–Crippen MR) is 99.3 cm³/mol. The molecule has 2 aromatic heterocycles. The third-order valence-corrected chi connectivity index (χ3v) is 4.40. The second kappa shape index (κ2) is 6.67. The summed E-state index contributed by atoms with van der Waals surface area (Å²) in [4.78, 5) is 12.8. The van der Waals surface area contributed by atoms with Gasteiger partial charge < -0.3 is 4.74 Å². The number of ether oxygens (including phenoxy) is 1. The summed E-state index contributed by atoms with van der Waals surface area (Å²) in [5, 5.41) is 2.02. The van der Waals surface area contributed by atoms with Crippen molar-refractivity contribution in [3.8, 4) is 22.9 Å². The molecule has 0 N–H and O–H groups in total. The number of aromatic nitrogens is 3. The molecule has 2 heterocycles. The van der Waals surface area contributed by atoms with Crippen LogP contribution >= 0.6 is 23.2 Å². The maximum absolute atomic E-state index is 6.08. The SMILES string of the molecule is Clc1ccc(-c2cc(Oc3ccc4cccnc4c3)ncn2)cc1Cl. The fraction of sp³-hybridized carbons (Fsp3) is 0. The predicted octanol–water partition coefficient (Wildman–Crippen LogP) is 5.79. The summed E-state index contributed by atoms with van der Waals surface area (Å²) in [5.74, 6) is 1.09. The van der Waals surface area contributed by atoms with Gasteiger partial charge in [-0.1, -0.05) is 35.3 Å². The fourth-order valence-electron chi connectivity index (χ4n) is 2.44.